The summed E-state index contributed by atoms with van der Waals surface area (Å²) >= 11 is 0. The Morgan fingerprint density at radius 3 is 0.826 bits per heavy atom. The molecule has 0 bridgehead atoms. The summed E-state index contributed by atoms with van der Waals surface area (Å²) in [6.07, 6.45) is 0.466. The standard InChI is InChI=1S/C28H46N4O14/c33-29-5-1-9-37-13-15-41-23-27(45-21-19-39-11-3-7-31-35)25-43-17-18-44-26-28(46-22-20-40-12-4-8-32-36)24-42-16-14-38-10-2-6-30-34/h27-28H,1-4,9-26H2. The zero-order valence-electron chi connectivity index (χ0n) is 26.2. The van der Waals surface area contributed by atoms with Crippen LogP contribution in [0.2, 0.25) is 0 Å². The highest BCUT2D eigenvalue weighted by Gasteiger charge is 2.13. The molecule has 0 aromatic heterocycles. The molecule has 2 atom stereocenters. The van der Waals surface area contributed by atoms with Crippen LogP contribution in [-0.4, -0.2) is 131 Å². The summed E-state index contributed by atoms with van der Waals surface area (Å²) in [6, 6.07) is 9.04. The van der Waals surface area contributed by atoms with Crippen molar-refractivity contribution in [3.63, 3.8) is 0 Å². The van der Waals surface area contributed by atoms with E-state index in [0.29, 0.717) is 91.8 Å². The molecule has 18 nitrogen and oxygen atoms in total. The zero-order valence-corrected chi connectivity index (χ0v) is 26.2. The molecule has 0 amide bonds. The number of hydrogen-bond donors (Lipinski definition) is 0. The molecule has 0 aromatic rings. The molecule has 0 fully saturated rings. The van der Waals surface area contributed by atoms with E-state index in [1.807, 2.05) is 0 Å². The van der Waals surface area contributed by atoms with Crippen molar-refractivity contribution >= 4 is 0 Å². The van der Waals surface area contributed by atoms with E-state index in [0.717, 1.165) is 0 Å². The number of rotatable bonds is 33. The summed E-state index contributed by atoms with van der Waals surface area (Å²) in [5.74, 6) is 0. The van der Waals surface area contributed by atoms with Crippen molar-refractivity contribution in [1.29, 1.82) is 0 Å². The van der Waals surface area contributed by atoms with Gasteiger partial charge in [0.05, 0.1) is 119 Å². The fraction of sp³-hybridized carbons (Fsp3) is 0.857. The smallest absolute Gasteiger partial charge is 0.300 e. The minimum absolute atomic E-state index is 0.239. The zero-order chi connectivity index (χ0) is 33.4. The highest BCUT2D eigenvalue weighted by atomic mass is 16.6. The van der Waals surface area contributed by atoms with Crippen LogP contribution in [0.3, 0.4) is 0 Å². The molecule has 0 spiro atoms. The Bertz CT molecular complexity index is 846. The molecule has 0 rings (SSSR count). The molecule has 18 heteroatoms. The van der Waals surface area contributed by atoms with Crippen LogP contribution in [0.5, 0.6) is 0 Å². The third-order valence-electron chi connectivity index (χ3n) is 5.18. The average molecular weight is 663 g/mol. The number of ether oxygens (including phenoxy) is 10. The van der Waals surface area contributed by atoms with E-state index >= 15 is 0 Å². The van der Waals surface area contributed by atoms with Gasteiger partial charge in [0, 0.05) is 20.0 Å². The fourth-order valence-corrected chi connectivity index (χ4v) is 3.11. The Morgan fingerprint density at radius 1 is 0.326 bits per heavy atom. The maximum absolute atomic E-state index is 10.0. The average Bonchev–Trinajstić information content (AvgIpc) is 3.06. The van der Waals surface area contributed by atoms with Crippen LogP contribution in [0.1, 0.15) is 25.7 Å². The monoisotopic (exact) mass is 662 g/mol. The van der Waals surface area contributed by atoms with Crippen LogP contribution in [0.4, 0.5) is 0 Å². The molecule has 0 aliphatic heterocycles. The lowest BCUT2D eigenvalue weighted by Crippen LogP contribution is -2.30. The largest absolute Gasteiger partial charge is 0.498 e. The van der Waals surface area contributed by atoms with Gasteiger partial charge in [0.25, 0.3) is 0 Å². The van der Waals surface area contributed by atoms with Crippen LogP contribution in [0.25, 0.3) is 20.0 Å². The van der Waals surface area contributed by atoms with Gasteiger partial charge < -0.3 is 68.2 Å². The lowest BCUT2D eigenvalue weighted by Gasteiger charge is -2.20. The summed E-state index contributed by atoms with van der Waals surface area (Å²) in [5, 5.41) is 50.2. The second kappa shape index (κ2) is 37.9. The van der Waals surface area contributed by atoms with Gasteiger partial charge in [-0.15, -0.1) is 0 Å². The van der Waals surface area contributed by atoms with Crippen LogP contribution in [0.15, 0.2) is 0 Å². The molecule has 2 unspecified atom stereocenters. The van der Waals surface area contributed by atoms with Gasteiger partial charge in [-0.05, 0) is 0 Å². The summed E-state index contributed by atoms with van der Waals surface area (Å²) in [6.45, 7) is 5.30. The van der Waals surface area contributed by atoms with Crippen molar-refractivity contribution in [2.24, 2.45) is 0 Å². The molecule has 0 saturated carbocycles. The Morgan fingerprint density at radius 2 is 0.565 bits per heavy atom. The number of nitrogens with zero attached hydrogens (tertiary/aromatic N) is 4. The SMILES string of the molecule is [O-][N+]#CCCOCCOCC(COCCOCC(COCCOCCC#[N+][O-])OCCOCCC#[N+][O-])OCCOCCC#[N+][O-]. The second-order valence-electron chi connectivity index (χ2n) is 8.73. The maximum Gasteiger partial charge on any atom is 0.300 e. The van der Waals surface area contributed by atoms with E-state index in [2.05, 4.69) is 44.3 Å². The van der Waals surface area contributed by atoms with Gasteiger partial charge in [0.15, 0.2) is 0 Å². The molecular formula is C28H46N4O14. The lowest BCUT2D eigenvalue weighted by molar-refractivity contribution is -0.0956. The summed E-state index contributed by atoms with van der Waals surface area (Å²) in [5.41, 5.74) is 0. The first-order valence-electron chi connectivity index (χ1n) is 14.8. The number of hydrogen-bond acceptors (Lipinski definition) is 14. The van der Waals surface area contributed by atoms with E-state index < -0.39 is 0 Å². The molecule has 0 N–H and O–H groups in total. The van der Waals surface area contributed by atoms with Crippen molar-refractivity contribution in [2.45, 2.75) is 37.9 Å². The molecule has 0 aromatic carbocycles. The predicted octanol–water partition coefficient (Wildman–Crippen LogP) is 2.77. The third kappa shape index (κ3) is 33.6. The van der Waals surface area contributed by atoms with Gasteiger partial charge >= 0.3 is 24.3 Å². The van der Waals surface area contributed by atoms with E-state index in [9.17, 15) is 20.8 Å². The van der Waals surface area contributed by atoms with E-state index in [-0.39, 0.29) is 65.1 Å². The van der Waals surface area contributed by atoms with Crippen LogP contribution >= 0.6 is 0 Å². The molecule has 262 valence electrons. The maximum atomic E-state index is 10.0. The van der Waals surface area contributed by atoms with Crippen molar-refractivity contribution in [3.05, 3.63) is 40.9 Å². The summed E-state index contributed by atoms with van der Waals surface area (Å²) < 4.78 is 55.7. The first-order chi connectivity index (χ1) is 22.8. The van der Waals surface area contributed by atoms with E-state index in [4.69, 9.17) is 47.4 Å². The molecule has 0 aliphatic carbocycles. The second-order valence-corrected chi connectivity index (χ2v) is 8.73. The molecule has 0 saturated heterocycles. The Kier molecular flexibility index (Phi) is 35.3. The van der Waals surface area contributed by atoms with Crippen molar-refractivity contribution in [3.8, 4) is 24.3 Å². The summed E-state index contributed by atoms with van der Waals surface area (Å²) in [7, 11) is 0. The van der Waals surface area contributed by atoms with Crippen molar-refractivity contribution < 1.29 is 47.4 Å². The quantitative estimate of drug-likeness (QED) is 0.0733. The molecule has 0 radical (unpaired) electrons. The predicted molar refractivity (Wildman–Crippen MR) is 167 cm³/mol. The van der Waals surface area contributed by atoms with Crippen LogP contribution < -0.4 is 0 Å². The molecule has 0 aliphatic rings. The highest BCUT2D eigenvalue weighted by molar-refractivity contribution is 4.87. The van der Waals surface area contributed by atoms with Gasteiger partial charge in [-0.1, -0.05) is 0 Å². The van der Waals surface area contributed by atoms with Crippen molar-refractivity contribution in [1.82, 2.24) is 0 Å². The van der Waals surface area contributed by atoms with E-state index in [1.165, 1.54) is 0 Å². The van der Waals surface area contributed by atoms with Crippen LogP contribution in [-0.2, 0) is 47.4 Å². The minimum Gasteiger partial charge on any atom is -0.498 e. The normalized spacial score (nSPS) is 11.6. The van der Waals surface area contributed by atoms with Crippen molar-refractivity contribution in [2.75, 3.05) is 119 Å². The van der Waals surface area contributed by atoms with Gasteiger partial charge in [0.1, 0.15) is 37.9 Å². The first-order valence-corrected chi connectivity index (χ1v) is 14.8. The van der Waals surface area contributed by atoms with Crippen LogP contribution in [0, 0.1) is 45.1 Å². The molecule has 46 heavy (non-hydrogen) atoms. The third-order valence-corrected chi connectivity index (χ3v) is 5.18. The van der Waals surface area contributed by atoms with E-state index in [1.54, 1.807) is 0 Å². The first kappa shape index (κ1) is 42.8. The highest BCUT2D eigenvalue weighted by Crippen LogP contribution is 2.00. The van der Waals surface area contributed by atoms with Gasteiger partial charge in [-0.3, -0.25) is 0 Å². The summed E-state index contributed by atoms with van der Waals surface area (Å²) in [4.78, 5) is 0. The molecular weight excluding hydrogens is 616 g/mol. The Labute approximate surface area is 269 Å². The topological polar surface area (TPSA) is 202 Å². The minimum atomic E-state index is -0.381. The molecule has 0 heterocycles. The van der Waals surface area contributed by atoms with Gasteiger partial charge in [0.2, 0.25) is 0 Å². The fourth-order valence-electron chi connectivity index (χ4n) is 3.11. The Hall–Kier alpha value is -3.24. The van der Waals surface area contributed by atoms with Gasteiger partial charge in [-0.2, -0.15) is 0 Å². The Balaban J connectivity index is 4.41. The van der Waals surface area contributed by atoms with Gasteiger partial charge in [-0.25, -0.2) is 0 Å². The lowest BCUT2D eigenvalue weighted by atomic mass is 10.4.